The van der Waals surface area contributed by atoms with Crippen molar-refractivity contribution >= 4 is 23.5 Å². The molecule has 1 atom stereocenters. The van der Waals surface area contributed by atoms with Crippen LogP contribution in [0.1, 0.15) is 34.6 Å². The van der Waals surface area contributed by atoms with Crippen molar-refractivity contribution in [3.05, 3.63) is 101 Å². The fourth-order valence-electron chi connectivity index (χ4n) is 4.31. The van der Waals surface area contributed by atoms with Crippen LogP contribution < -0.4 is 5.32 Å². The summed E-state index contributed by atoms with van der Waals surface area (Å²) in [4.78, 5) is 37.0. The number of anilines is 1. The van der Waals surface area contributed by atoms with E-state index in [2.05, 4.69) is 5.32 Å². The number of fused-ring (bicyclic) bond motifs is 1. The highest BCUT2D eigenvalue weighted by Gasteiger charge is 2.52. The number of rotatable bonds is 6. The van der Waals surface area contributed by atoms with Gasteiger partial charge in [-0.3, -0.25) is 14.4 Å². The number of hydrogen-bond donors (Lipinski definition) is 3. The van der Waals surface area contributed by atoms with Crippen LogP contribution in [0.2, 0.25) is 0 Å². The lowest BCUT2D eigenvalue weighted by atomic mass is 9.66. The quantitative estimate of drug-likeness (QED) is 0.512. The number of benzene rings is 3. The van der Waals surface area contributed by atoms with Gasteiger partial charge in [-0.1, -0.05) is 66.7 Å². The van der Waals surface area contributed by atoms with E-state index in [4.69, 9.17) is 0 Å². The molecule has 6 heteroatoms. The fraction of sp³-hybridized carbons (Fsp3) is 0.192. The smallest absolute Gasteiger partial charge is 0.321 e. The van der Waals surface area contributed by atoms with E-state index in [0.29, 0.717) is 16.8 Å². The molecule has 0 radical (unpaired) electrons. The molecular weight excluding hydrogens is 406 g/mol. The summed E-state index contributed by atoms with van der Waals surface area (Å²) in [6.07, 6.45) is 0.323. The van der Waals surface area contributed by atoms with Crippen LogP contribution in [-0.4, -0.2) is 28.1 Å². The van der Waals surface area contributed by atoms with Crippen LogP contribution >= 0.6 is 0 Å². The van der Waals surface area contributed by atoms with E-state index in [-0.39, 0.29) is 12.8 Å². The summed E-state index contributed by atoms with van der Waals surface area (Å²) in [5.41, 5.74) is 2.06. The second-order valence-corrected chi connectivity index (χ2v) is 8.17. The molecule has 3 aromatic carbocycles. The van der Waals surface area contributed by atoms with Gasteiger partial charge < -0.3 is 15.5 Å². The molecule has 0 fully saturated rings. The predicted molar refractivity (Wildman–Crippen MR) is 120 cm³/mol. The van der Waals surface area contributed by atoms with Gasteiger partial charge in [0.2, 0.25) is 5.91 Å². The maximum Gasteiger partial charge on any atom is 0.321 e. The molecule has 3 aromatic rings. The van der Waals surface area contributed by atoms with Gasteiger partial charge in [0.1, 0.15) is 0 Å². The Balaban J connectivity index is 1.55. The number of carbonyl (C=O) groups excluding carboxylic acids is 1. The van der Waals surface area contributed by atoms with Gasteiger partial charge in [0, 0.05) is 5.69 Å². The van der Waals surface area contributed by atoms with Gasteiger partial charge in [0.05, 0.1) is 5.92 Å². The normalized spacial score (nSPS) is 16.6. The van der Waals surface area contributed by atoms with Gasteiger partial charge in [0.15, 0.2) is 5.41 Å². The lowest BCUT2D eigenvalue weighted by molar-refractivity contribution is -0.166. The Morgan fingerprint density at radius 3 is 2.06 bits per heavy atom. The van der Waals surface area contributed by atoms with E-state index in [0.717, 1.165) is 12.0 Å². The minimum atomic E-state index is -2.03. The van der Waals surface area contributed by atoms with Crippen molar-refractivity contribution in [3.8, 4) is 0 Å². The van der Waals surface area contributed by atoms with Crippen molar-refractivity contribution in [1.82, 2.24) is 0 Å². The van der Waals surface area contributed by atoms with Crippen molar-refractivity contribution in [3.63, 3.8) is 0 Å². The maximum atomic E-state index is 13.1. The summed E-state index contributed by atoms with van der Waals surface area (Å²) < 4.78 is 0. The van der Waals surface area contributed by atoms with E-state index >= 15 is 0 Å². The highest BCUT2D eigenvalue weighted by Crippen LogP contribution is 2.43. The molecule has 6 nitrogen and oxygen atoms in total. The lowest BCUT2D eigenvalue weighted by Gasteiger charge is -2.35. The molecule has 0 saturated carbocycles. The third kappa shape index (κ3) is 4.12. The summed E-state index contributed by atoms with van der Waals surface area (Å²) in [5, 5.41) is 22.3. The van der Waals surface area contributed by atoms with E-state index in [1.807, 2.05) is 42.5 Å². The van der Waals surface area contributed by atoms with Crippen LogP contribution in [0.15, 0.2) is 78.9 Å². The number of nitrogens with one attached hydrogen (secondary N) is 1. The van der Waals surface area contributed by atoms with Crippen LogP contribution in [-0.2, 0) is 27.2 Å². The zero-order chi connectivity index (χ0) is 22.7. The summed E-state index contributed by atoms with van der Waals surface area (Å²) in [6.45, 7) is 0. The molecule has 0 spiro atoms. The highest BCUT2D eigenvalue weighted by atomic mass is 16.4. The third-order valence-electron chi connectivity index (χ3n) is 6.08. The van der Waals surface area contributed by atoms with Gasteiger partial charge in [-0.15, -0.1) is 0 Å². The predicted octanol–water partition coefficient (Wildman–Crippen LogP) is 4.10. The minimum Gasteiger partial charge on any atom is -0.480 e. The molecule has 0 aromatic heterocycles. The van der Waals surface area contributed by atoms with Crippen LogP contribution in [0, 0.1) is 5.41 Å². The molecule has 1 aliphatic carbocycles. The number of carbonyl (C=O) groups is 3. The van der Waals surface area contributed by atoms with Crippen LogP contribution in [0.5, 0.6) is 0 Å². The van der Waals surface area contributed by atoms with Gasteiger partial charge in [0.25, 0.3) is 0 Å². The second kappa shape index (κ2) is 8.67. The molecule has 32 heavy (non-hydrogen) atoms. The van der Waals surface area contributed by atoms with Crippen LogP contribution in [0.25, 0.3) is 0 Å². The molecule has 1 aliphatic rings. The van der Waals surface area contributed by atoms with E-state index in [9.17, 15) is 24.6 Å². The molecule has 0 saturated heterocycles. The first kappa shape index (κ1) is 21.3. The first-order chi connectivity index (χ1) is 15.4. The Kier molecular flexibility index (Phi) is 5.77. The van der Waals surface area contributed by atoms with Gasteiger partial charge in [-0.2, -0.15) is 0 Å². The van der Waals surface area contributed by atoms with Crippen LogP contribution in [0.4, 0.5) is 5.69 Å². The van der Waals surface area contributed by atoms with Crippen molar-refractivity contribution in [1.29, 1.82) is 0 Å². The highest BCUT2D eigenvalue weighted by molar-refractivity contribution is 6.02. The fourth-order valence-corrected chi connectivity index (χ4v) is 4.31. The van der Waals surface area contributed by atoms with Crippen molar-refractivity contribution in [2.45, 2.75) is 25.2 Å². The monoisotopic (exact) mass is 429 g/mol. The lowest BCUT2D eigenvalue weighted by Crippen LogP contribution is -2.47. The van der Waals surface area contributed by atoms with E-state index in [1.54, 1.807) is 36.4 Å². The van der Waals surface area contributed by atoms with Gasteiger partial charge in [-0.25, -0.2) is 0 Å². The topological polar surface area (TPSA) is 104 Å². The molecule has 1 amide bonds. The van der Waals surface area contributed by atoms with Crippen molar-refractivity contribution in [2.24, 2.45) is 5.41 Å². The number of carboxylic acids is 2. The maximum absolute atomic E-state index is 13.1. The Labute approximate surface area is 185 Å². The van der Waals surface area contributed by atoms with Crippen molar-refractivity contribution in [2.75, 3.05) is 5.32 Å². The number of aliphatic carboxylic acids is 2. The molecule has 0 aliphatic heterocycles. The number of amides is 1. The molecule has 0 heterocycles. The zero-order valence-corrected chi connectivity index (χ0v) is 17.3. The minimum absolute atomic E-state index is 0.147. The Morgan fingerprint density at radius 1 is 0.812 bits per heavy atom. The first-order valence-corrected chi connectivity index (χ1v) is 10.4. The van der Waals surface area contributed by atoms with Gasteiger partial charge in [-0.05, 0) is 53.6 Å². The molecular formula is C26H23NO5. The number of carboxylic acid groups (broad SMARTS) is 2. The SMILES string of the molecule is O=C(Nc1ccc(Cc2ccccc2)cc1)C1CC(C(=O)O)(C(=O)O)Cc2ccccc21. The third-order valence-corrected chi connectivity index (χ3v) is 6.08. The summed E-state index contributed by atoms with van der Waals surface area (Å²) in [5.74, 6) is -4.15. The molecule has 1 unspecified atom stereocenters. The average molecular weight is 429 g/mol. The van der Waals surface area contributed by atoms with E-state index in [1.165, 1.54) is 5.56 Å². The average Bonchev–Trinajstić information content (AvgIpc) is 2.80. The van der Waals surface area contributed by atoms with Gasteiger partial charge >= 0.3 is 11.9 Å². The summed E-state index contributed by atoms with van der Waals surface area (Å²) >= 11 is 0. The zero-order valence-electron chi connectivity index (χ0n) is 17.3. The Hall–Kier alpha value is -3.93. The second-order valence-electron chi connectivity index (χ2n) is 8.17. The molecule has 4 rings (SSSR count). The molecule has 3 N–H and O–H groups in total. The van der Waals surface area contributed by atoms with Crippen LogP contribution in [0.3, 0.4) is 0 Å². The van der Waals surface area contributed by atoms with Crippen molar-refractivity contribution < 1.29 is 24.6 Å². The van der Waals surface area contributed by atoms with E-state index < -0.39 is 29.2 Å². The molecule has 162 valence electrons. The largest absolute Gasteiger partial charge is 0.480 e. The Morgan fingerprint density at radius 2 is 1.41 bits per heavy atom. The standard InChI is InChI=1S/C26H23NO5/c28-23(27-20-12-10-18(11-13-20)14-17-6-2-1-3-7-17)22-16-26(24(29)30,25(31)32)15-19-8-4-5-9-21(19)22/h1-13,22H,14-16H2,(H,27,28)(H,29,30)(H,31,32). The summed E-state index contributed by atoms with van der Waals surface area (Å²) in [6, 6.07) is 24.4. The number of hydrogen-bond acceptors (Lipinski definition) is 3. The Bertz CT molecular complexity index is 1140. The molecule has 0 bridgehead atoms. The summed E-state index contributed by atoms with van der Waals surface area (Å²) in [7, 11) is 0. The first-order valence-electron chi connectivity index (χ1n) is 10.4.